The molecule has 4 rings (SSSR count). The smallest absolute Gasteiger partial charge is 0.159 e. The fourth-order valence-electron chi connectivity index (χ4n) is 3.60. The van der Waals surface area contributed by atoms with Crippen LogP contribution in [0.4, 0.5) is 18.9 Å². The largest absolute Gasteiger partial charge is 0.378 e. The van der Waals surface area contributed by atoms with Gasteiger partial charge in [0.15, 0.2) is 11.6 Å². The van der Waals surface area contributed by atoms with Crippen LogP contribution in [0.2, 0.25) is 0 Å². The maximum atomic E-state index is 13.7. The highest BCUT2D eigenvalue weighted by Gasteiger charge is 2.33. The summed E-state index contributed by atoms with van der Waals surface area (Å²) >= 11 is 0. The predicted octanol–water partition coefficient (Wildman–Crippen LogP) is 3.90. The normalized spacial score (nSPS) is 20.6. The van der Waals surface area contributed by atoms with Crippen LogP contribution in [-0.2, 0) is 0 Å². The average Bonchev–Trinajstić information content (AvgIpc) is 2.98. The summed E-state index contributed by atoms with van der Waals surface area (Å²) in [6.45, 7) is 0.812. The first-order valence-electron chi connectivity index (χ1n) is 8.35. The zero-order chi connectivity index (χ0) is 18.3. The van der Waals surface area contributed by atoms with Crippen molar-refractivity contribution in [2.75, 3.05) is 18.9 Å². The van der Waals surface area contributed by atoms with E-state index in [-0.39, 0.29) is 12.1 Å². The molecule has 0 bridgehead atoms. The molecular weight excluding hydrogens is 341 g/mol. The van der Waals surface area contributed by atoms with Gasteiger partial charge in [0.2, 0.25) is 0 Å². The third-order valence-corrected chi connectivity index (χ3v) is 4.82. The van der Waals surface area contributed by atoms with Crippen molar-refractivity contribution in [1.82, 2.24) is 14.9 Å². The van der Waals surface area contributed by atoms with Crippen molar-refractivity contribution in [2.45, 2.75) is 18.5 Å². The summed E-state index contributed by atoms with van der Waals surface area (Å²) in [5, 5.41) is 3.43. The molecule has 3 aromatic rings. The molecule has 3 heterocycles. The number of likely N-dealkylation sites (N-methyl/N-ethyl adjacent to an activating group) is 1. The molecular formula is C19H17F3N4. The number of hydrogen-bond acceptors (Lipinski definition) is 4. The summed E-state index contributed by atoms with van der Waals surface area (Å²) in [5.41, 5.74) is 2.49. The molecule has 0 radical (unpaired) electrons. The van der Waals surface area contributed by atoms with Crippen LogP contribution in [0.1, 0.15) is 18.0 Å². The second kappa shape index (κ2) is 6.57. The Morgan fingerprint density at radius 3 is 2.73 bits per heavy atom. The molecule has 0 spiro atoms. The molecule has 0 amide bonds. The van der Waals surface area contributed by atoms with E-state index in [1.54, 1.807) is 18.3 Å². The van der Waals surface area contributed by atoms with Gasteiger partial charge in [0.05, 0.1) is 23.4 Å². The number of nitrogens with one attached hydrogen (secondary N) is 1. The summed E-state index contributed by atoms with van der Waals surface area (Å²) in [7, 11) is 1.95. The summed E-state index contributed by atoms with van der Waals surface area (Å²) in [6.07, 6.45) is 3.57. The number of benzene rings is 1. The minimum absolute atomic E-state index is 0.0256. The zero-order valence-electron chi connectivity index (χ0n) is 14.1. The Bertz CT molecular complexity index is 963. The Labute approximate surface area is 148 Å². The van der Waals surface area contributed by atoms with Crippen molar-refractivity contribution in [3.63, 3.8) is 0 Å². The highest BCUT2D eigenvalue weighted by Crippen LogP contribution is 2.34. The molecule has 26 heavy (non-hydrogen) atoms. The van der Waals surface area contributed by atoms with E-state index in [4.69, 9.17) is 0 Å². The van der Waals surface area contributed by atoms with Gasteiger partial charge in [-0.05, 0) is 37.2 Å². The molecule has 7 heteroatoms. The third kappa shape index (κ3) is 2.99. The van der Waals surface area contributed by atoms with Crippen LogP contribution in [-0.4, -0.2) is 34.5 Å². The second-order valence-corrected chi connectivity index (χ2v) is 6.52. The molecule has 1 aromatic carbocycles. The van der Waals surface area contributed by atoms with Crippen LogP contribution in [0.3, 0.4) is 0 Å². The fourth-order valence-corrected chi connectivity index (χ4v) is 3.60. The third-order valence-electron chi connectivity index (χ3n) is 4.82. The standard InChI is InChI=1S/C19H17F3N4/c1-26-7-5-16(19(26)11-2-3-13(21)14(22)8-11)25-15-4-6-23-17-9-12(20)10-24-18(15)17/h2-4,6,8-10,16,19H,5,7H2,1H3,(H,23,25)/t16-,19+/m1/s1. The van der Waals surface area contributed by atoms with Crippen molar-refractivity contribution in [1.29, 1.82) is 0 Å². The van der Waals surface area contributed by atoms with E-state index in [0.717, 1.165) is 30.9 Å². The number of halogens is 3. The zero-order valence-corrected chi connectivity index (χ0v) is 14.1. The van der Waals surface area contributed by atoms with Gasteiger partial charge in [-0.2, -0.15) is 0 Å². The van der Waals surface area contributed by atoms with E-state index >= 15 is 0 Å². The van der Waals surface area contributed by atoms with Crippen molar-refractivity contribution in [3.8, 4) is 0 Å². The van der Waals surface area contributed by atoms with Gasteiger partial charge in [0.25, 0.3) is 0 Å². The van der Waals surface area contributed by atoms with Crippen LogP contribution < -0.4 is 5.32 Å². The van der Waals surface area contributed by atoms with Crippen LogP contribution in [0.5, 0.6) is 0 Å². The minimum atomic E-state index is -0.856. The van der Waals surface area contributed by atoms with E-state index in [9.17, 15) is 13.2 Å². The average molecular weight is 358 g/mol. The second-order valence-electron chi connectivity index (χ2n) is 6.52. The molecule has 2 aromatic heterocycles. The highest BCUT2D eigenvalue weighted by molar-refractivity contribution is 5.87. The highest BCUT2D eigenvalue weighted by atomic mass is 19.2. The monoisotopic (exact) mass is 358 g/mol. The summed E-state index contributed by atoms with van der Waals surface area (Å²) in [4.78, 5) is 10.4. The Kier molecular flexibility index (Phi) is 4.24. The van der Waals surface area contributed by atoms with Gasteiger partial charge >= 0.3 is 0 Å². The van der Waals surface area contributed by atoms with Gasteiger partial charge in [-0.3, -0.25) is 9.88 Å². The van der Waals surface area contributed by atoms with Crippen LogP contribution >= 0.6 is 0 Å². The molecule has 0 saturated carbocycles. The molecule has 1 fully saturated rings. The topological polar surface area (TPSA) is 41.0 Å². The maximum Gasteiger partial charge on any atom is 0.159 e. The molecule has 2 atom stereocenters. The fraction of sp³-hybridized carbons (Fsp3) is 0.263. The van der Waals surface area contributed by atoms with Gasteiger partial charge in [-0.1, -0.05) is 6.07 Å². The van der Waals surface area contributed by atoms with Crippen LogP contribution in [0, 0.1) is 17.5 Å². The number of nitrogens with zero attached hydrogens (tertiary/aromatic N) is 3. The number of aromatic nitrogens is 2. The number of rotatable bonds is 3. The van der Waals surface area contributed by atoms with Crippen LogP contribution in [0.25, 0.3) is 11.0 Å². The van der Waals surface area contributed by atoms with Gasteiger partial charge in [-0.25, -0.2) is 18.2 Å². The quantitative estimate of drug-likeness (QED) is 0.771. The lowest BCUT2D eigenvalue weighted by Crippen LogP contribution is -2.29. The summed E-state index contributed by atoms with van der Waals surface area (Å²) in [6, 6.07) is 6.98. The van der Waals surface area contributed by atoms with E-state index in [0.29, 0.717) is 16.6 Å². The van der Waals surface area contributed by atoms with Gasteiger partial charge < -0.3 is 5.32 Å². The Morgan fingerprint density at radius 2 is 1.92 bits per heavy atom. The maximum absolute atomic E-state index is 13.7. The van der Waals surface area contributed by atoms with Crippen molar-refractivity contribution in [3.05, 3.63) is 65.7 Å². The predicted molar refractivity (Wildman–Crippen MR) is 93.3 cm³/mol. The van der Waals surface area contributed by atoms with E-state index in [2.05, 4.69) is 20.2 Å². The number of fused-ring (bicyclic) bond motifs is 1. The molecule has 0 unspecified atom stereocenters. The Balaban J connectivity index is 1.68. The molecule has 134 valence electrons. The first kappa shape index (κ1) is 16.8. The van der Waals surface area contributed by atoms with Crippen molar-refractivity contribution < 1.29 is 13.2 Å². The van der Waals surface area contributed by atoms with E-state index in [1.807, 2.05) is 7.05 Å². The van der Waals surface area contributed by atoms with Crippen LogP contribution in [0.15, 0.2) is 42.7 Å². The van der Waals surface area contributed by atoms with Crippen molar-refractivity contribution in [2.24, 2.45) is 0 Å². The Morgan fingerprint density at radius 1 is 1.08 bits per heavy atom. The minimum Gasteiger partial charge on any atom is -0.378 e. The van der Waals surface area contributed by atoms with E-state index < -0.39 is 17.5 Å². The molecule has 4 nitrogen and oxygen atoms in total. The molecule has 0 aliphatic carbocycles. The number of hydrogen-bond donors (Lipinski definition) is 1. The first-order valence-corrected chi connectivity index (χ1v) is 8.35. The number of likely N-dealkylation sites (tertiary alicyclic amines) is 1. The lowest BCUT2D eigenvalue weighted by atomic mass is 9.99. The Hall–Kier alpha value is -2.67. The van der Waals surface area contributed by atoms with Crippen molar-refractivity contribution >= 4 is 16.7 Å². The summed E-state index contributed by atoms with van der Waals surface area (Å²) in [5.74, 6) is -2.15. The summed E-state index contributed by atoms with van der Waals surface area (Å²) < 4.78 is 40.4. The first-order chi connectivity index (χ1) is 12.5. The van der Waals surface area contributed by atoms with E-state index in [1.165, 1.54) is 12.1 Å². The molecule has 1 saturated heterocycles. The lowest BCUT2D eigenvalue weighted by molar-refractivity contribution is 0.308. The molecule has 1 aliphatic rings. The number of anilines is 1. The van der Waals surface area contributed by atoms with Gasteiger partial charge in [0.1, 0.15) is 11.3 Å². The lowest BCUT2D eigenvalue weighted by Gasteiger charge is -2.27. The molecule has 1 aliphatic heterocycles. The SMILES string of the molecule is CN1CC[C@@H](Nc2ccnc3cc(F)cnc23)[C@@H]1c1ccc(F)c(F)c1. The molecule has 1 N–H and O–H groups in total. The van der Waals surface area contributed by atoms with Gasteiger partial charge in [-0.15, -0.1) is 0 Å². The number of pyridine rings is 2. The van der Waals surface area contributed by atoms with Gasteiger partial charge in [0, 0.05) is 24.8 Å².